The molecule has 0 atom stereocenters. The van der Waals surface area contributed by atoms with Gasteiger partial charge in [-0.25, -0.2) is 0 Å². The smallest absolute Gasteiger partial charge is 0.0743 e. The lowest BCUT2D eigenvalue weighted by Crippen LogP contribution is -2.37. The first kappa shape index (κ1) is 14.8. The second-order valence-electron chi connectivity index (χ2n) is 5.73. The molecule has 0 saturated carbocycles. The predicted octanol–water partition coefficient (Wildman–Crippen LogP) is 3.73. The van der Waals surface area contributed by atoms with Crippen molar-refractivity contribution in [1.82, 2.24) is 5.32 Å². The number of hydrogen-bond donors (Lipinski definition) is 1. The van der Waals surface area contributed by atoms with Crippen molar-refractivity contribution >= 4 is 0 Å². The highest BCUT2D eigenvalue weighted by molar-refractivity contribution is 5.49. The summed E-state index contributed by atoms with van der Waals surface area (Å²) in [6.45, 7) is 15.9. The molecule has 0 aromatic heterocycles. The highest BCUT2D eigenvalue weighted by Gasteiger charge is 2.16. The Morgan fingerprint density at radius 1 is 0.889 bits per heavy atom. The van der Waals surface area contributed by atoms with Crippen molar-refractivity contribution in [2.75, 3.05) is 0 Å². The molecule has 1 heteroatoms. The van der Waals surface area contributed by atoms with Crippen LogP contribution in [0.2, 0.25) is 0 Å². The maximum absolute atomic E-state index is 5.52. The summed E-state index contributed by atoms with van der Waals surface area (Å²) in [6, 6.07) is 0. The van der Waals surface area contributed by atoms with Crippen LogP contribution >= 0.6 is 0 Å². The van der Waals surface area contributed by atoms with Crippen molar-refractivity contribution in [1.29, 1.82) is 0 Å². The van der Waals surface area contributed by atoms with Gasteiger partial charge in [0, 0.05) is 6.54 Å². The molecule has 18 heavy (non-hydrogen) atoms. The summed E-state index contributed by atoms with van der Waals surface area (Å²) >= 11 is 0. The Labute approximate surface area is 112 Å². The van der Waals surface area contributed by atoms with Crippen molar-refractivity contribution in [2.45, 2.75) is 60.5 Å². The zero-order valence-corrected chi connectivity index (χ0v) is 12.8. The van der Waals surface area contributed by atoms with Crippen molar-refractivity contribution in [3.8, 4) is 12.3 Å². The molecule has 0 aliphatic heterocycles. The molecule has 1 rings (SSSR count). The van der Waals surface area contributed by atoms with Crippen LogP contribution in [0.5, 0.6) is 0 Å². The van der Waals surface area contributed by atoms with Gasteiger partial charge in [0.05, 0.1) is 5.54 Å². The maximum Gasteiger partial charge on any atom is 0.0743 e. The largest absolute Gasteiger partial charge is 0.297 e. The summed E-state index contributed by atoms with van der Waals surface area (Å²) in [5.74, 6) is 2.78. The van der Waals surface area contributed by atoms with E-state index >= 15 is 0 Å². The minimum Gasteiger partial charge on any atom is -0.297 e. The molecule has 0 saturated heterocycles. The molecule has 98 valence electrons. The lowest BCUT2D eigenvalue weighted by Gasteiger charge is -2.24. The van der Waals surface area contributed by atoms with E-state index in [1.165, 1.54) is 33.4 Å². The first-order valence-corrected chi connectivity index (χ1v) is 6.50. The number of benzene rings is 1. The van der Waals surface area contributed by atoms with E-state index in [9.17, 15) is 0 Å². The van der Waals surface area contributed by atoms with Crippen LogP contribution in [0.15, 0.2) is 0 Å². The SMILES string of the molecule is C#CC(C)(C)NCc1c(C)c(C)c(C)c(C)c1C. The minimum atomic E-state index is -0.258. The first-order valence-electron chi connectivity index (χ1n) is 6.50. The zero-order chi connectivity index (χ0) is 14.1. The molecule has 0 radical (unpaired) electrons. The first-order chi connectivity index (χ1) is 8.21. The van der Waals surface area contributed by atoms with Gasteiger partial charge >= 0.3 is 0 Å². The van der Waals surface area contributed by atoms with E-state index in [-0.39, 0.29) is 5.54 Å². The maximum atomic E-state index is 5.52. The van der Waals surface area contributed by atoms with Gasteiger partial charge in [0.15, 0.2) is 0 Å². The average Bonchev–Trinajstić information content (AvgIpc) is 2.34. The van der Waals surface area contributed by atoms with Crippen LogP contribution < -0.4 is 5.32 Å². The third-order valence-corrected chi connectivity index (χ3v) is 4.22. The summed E-state index contributed by atoms with van der Waals surface area (Å²) < 4.78 is 0. The van der Waals surface area contributed by atoms with Gasteiger partial charge in [-0.05, 0) is 81.8 Å². The number of nitrogens with one attached hydrogen (secondary N) is 1. The molecule has 0 aliphatic rings. The summed E-state index contributed by atoms with van der Waals surface area (Å²) in [5, 5.41) is 3.44. The van der Waals surface area contributed by atoms with Crippen LogP contribution in [0.3, 0.4) is 0 Å². The molecular weight excluding hydrogens is 218 g/mol. The Morgan fingerprint density at radius 3 is 1.67 bits per heavy atom. The lowest BCUT2D eigenvalue weighted by atomic mass is 9.89. The molecule has 0 heterocycles. The van der Waals surface area contributed by atoms with E-state index in [0.29, 0.717) is 0 Å². The highest BCUT2D eigenvalue weighted by Crippen LogP contribution is 2.26. The van der Waals surface area contributed by atoms with Gasteiger partial charge in [-0.15, -0.1) is 6.42 Å². The number of terminal acetylenes is 1. The molecule has 1 aromatic rings. The molecule has 0 amide bonds. The van der Waals surface area contributed by atoms with Crippen molar-refractivity contribution in [3.05, 3.63) is 33.4 Å². The molecule has 0 spiro atoms. The van der Waals surface area contributed by atoms with Crippen molar-refractivity contribution in [2.24, 2.45) is 0 Å². The minimum absolute atomic E-state index is 0.258. The van der Waals surface area contributed by atoms with E-state index in [4.69, 9.17) is 6.42 Å². The Balaban J connectivity index is 3.16. The molecule has 1 aromatic carbocycles. The normalized spacial score (nSPS) is 11.4. The average molecular weight is 243 g/mol. The fourth-order valence-electron chi connectivity index (χ4n) is 2.20. The molecule has 0 fully saturated rings. The molecule has 0 unspecified atom stereocenters. The van der Waals surface area contributed by atoms with E-state index in [0.717, 1.165) is 6.54 Å². The molecule has 0 aliphatic carbocycles. The van der Waals surface area contributed by atoms with Crippen molar-refractivity contribution < 1.29 is 0 Å². The van der Waals surface area contributed by atoms with Gasteiger partial charge < -0.3 is 0 Å². The fraction of sp³-hybridized carbons (Fsp3) is 0.529. The third-order valence-electron chi connectivity index (χ3n) is 4.22. The second-order valence-corrected chi connectivity index (χ2v) is 5.73. The Hall–Kier alpha value is -1.26. The Kier molecular flexibility index (Phi) is 4.24. The van der Waals surface area contributed by atoms with Crippen LogP contribution in [-0.4, -0.2) is 5.54 Å². The van der Waals surface area contributed by atoms with Gasteiger partial charge in [0.2, 0.25) is 0 Å². The summed E-state index contributed by atoms with van der Waals surface area (Å²) in [7, 11) is 0. The quantitative estimate of drug-likeness (QED) is 0.798. The van der Waals surface area contributed by atoms with Gasteiger partial charge in [-0.2, -0.15) is 0 Å². The summed E-state index contributed by atoms with van der Waals surface area (Å²) in [4.78, 5) is 0. The van der Waals surface area contributed by atoms with Crippen LogP contribution in [0.4, 0.5) is 0 Å². The van der Waals surface area contributed by atoms with Crippen molar-refractivity contribution in [3.63, 3.8) is 0 Å². The second kappa shape index (κ2) is 5.16. The Bertz CT molecular complexity index is 472. The highest BCUT2D eigenvalue weighted by atomic mass is 14.9. The van der Waals surface area contributed by atoms with Crippen LogP contribution in [0, 0.1) is 47.0 Å². The van der Waals surface area contributed by atoms with Crippen LogP contribution in [0.25, 0.3) is 0 Å². The van der Waals surface area contributed by atoms with E-state index in [2.05, 4.69) is 45.9 Å². The monoisotopic (exact) mass is 243 g/mol. The predicted molar refractivity (Wildman–Crippen MR) is 79.9 cm³/mol. The zero-order valence-electron chi connectivity index (χ0n) is 12.8. The van der Waals surface area contributed by atoms with Gasteiger partial charge in [-0.3, -0.25) is 5.32 Å². The number of hydrogen-bond acceptors (Lipinski definition) is 1. The molecule has 1 N–H and O–H groups in total. The third kappa shape index (κ3) is 2.76. The summed E-state index contributed by atoms with van der Waals surface area (Å²) in [5.41, 5.74) is 8.10. The summed E-state index contributed by atoms with van der Waals surface area (Å²) in [6.07, 6.45) is 5.52. The topological polar surface area (TPSA) is 12.0 Å². The molecular formula is C17H25N. The van der Waals surface area contributed by atoms with E-state index in [1.807, 2.05) is 13.8 Å². The van der Waals surface area contributed by atoms with E-state index in [1.54, 1.807) is 0 Å². The van der Waals surface area contributed by atoms with Gasteiger partial charge in [-0.1, -0.05) is 5.92 Å². The number of rotatable bonds is 3. The molecule has 0 bridgehead atoms. The fourth-order valence-corrected chi connectivity index (χ4v) is 2.20. The molecule has 1 nitrogen and oxygen atoms in total. The van der Waals surface area contributed by atoms with Crippen LogP contribution in [-0.2, 0) is 6.54 Å². The van der Waals surface area contributed by atoms with Gasteiger partial charge in [0.25, 0.3) is 0 Å². The Morgan fingerprint density at radius 2 is 1.28 bits per heavy atom. The van der Waals surface area contributed by atoms with Gasteiger partial charge in [0.1, 0.15) is 0 Å². The van der Waals surface area contributed by atoms with Crippen LogP contribution in [0.1, 0.15) is 47.2 Å². The lowest BCUT2D eigenvalue weighted by molar-refractivity contribution is 0.489. The standard InChI is InChI=1S/C17H25N/c1-9-17(7,8)18-10-16-14(5)12(3)11(2)13(4)15(16)6/h1,18H,10H2,2-8H3. The van der Waals surface area contributed by atoms with E-state index < -0.39 is 0 Å².